The fourth-order valence-electron chi connectivity index (χ4n) is 5.17. The average Bonchev–Trinajstić information content (AvgIpc) is 3.11. The summed E-state index contributed by atoms with van der Waals surface area (Å²) in [6, 6.07) is 21.8. The first-order chi connectivity index (χ1) is 15.4. The summed E-state index contributed by atoms with van der Waals surface area (Å²) in [5.41, 5.74) is 2.57. The summed E-state index contributed by atoms with van der Waals surface area (Å²) < 4.78 is 26.3. The molecule has 1 amide bonds. The number of hydrogen-bond donors (Lipinski definition) is 1. The fraction of sp³-hybridized carbons (Fsp3) is 0.320. The molecule has 1 saturated heterocycles. The highest BCUT2D eigenvalue weighted by molar-refractivity contribution is 7.92. The molecule has 0 atom stereocenters. The summed E-state index contributed by atoms with van der Waals surface area (Å²) in [6.45, 7) is 2.34. The highest BCUT2D eigenvalue weighted by Gasteiger charge is 2.46. The molecule has 1 spiro atoms. The van der Waals surface area contributed by atoms with Gasteiger partial charge in [0.15, 0.2) is 0 Å². The van der Waals surface area contributed by atoms with E-state index in [1.165, 1.54) is 6.26 Å². The summed E-state index contributed by atoms with van der Waals surface area (Å²) in [5.74, 6) is -0.0260. The number of rotatable bonds is 4. The lowest BCUT2D eigenvalue weighted by atomic mass is 9.74. The molecular formula is C25H27N3O3S. The molecule has 1 fully saturated rings. The van der Waals surface area contributed by atoms with Crippen LogP contribution in [0.2, 0.25) is 0 Å². The van der Waals surface area contributed by atoms with Gasteiger partial charge in [-0.3, -0.25) is 14.0 Å². The Balaban J connectivity index is 1.27. The number of carbonyl (C=O) groups excluding carboxylic acids is 1. The first kappa shape index (κ1) is 21.0. The van der Waals surface area contributed by atoms with Crippen LogP contribution in [0.3, 0.4) is 0 Å². The third-order valence-electron chi connectivity index (χ3n) is 6.83. The fourth-order valence-corrected chi connectivity index (χ4v) is 6.17. The first-order valence-electron chi connectivity index (χ1n) is 10.9. The summed E-state index contributed by atoms with van der Waals surface area (Å²) in [7, 11) is -3.32. The summed E-state index contributed by atoms with van der Waals surface area (Å²) in [6.07, 6.45) is 2.94. The van der Waals surface area contributed by atoms with Crippen LogP contribution in [-0.4, -0.2) is 51.7 Å². The second kappa shape index (κ2) is 7.90. The maximum Gasteiger partial charge on any atom is 0.238 e. The molecule has 0 radical (unpaired) electrons. The lowest BCUT2D eigenvalue weighted by Gasteiger charge is -2.39. The Bertz CT molecular complexity index is 1280. The van der Waals surface area contributed by atoms with E-state index >= 15 is 0 Å². The highest BCUT2D eigenvalue weighted by Crippen LogP contribution is 2.47. The molecule has 0 bridgehead atoms. The minimum Gasteiger partial charge on any atom is -0.324 e. The van der Waals surface area contributed by atoms with Gasteiger partial charge in [0, 0.05) is 23.0 Å². The molecule has 32 heavy (non-hydrogen) atoms. The van der Waals surface area contributed by atoms with Gasteiger partial charge in [0.1, 0.15) is 0 Å². The van der Waals surface area contributed by atoms with Crippen LogP contribution >= 0.6 is 0 Å². The molecular weight excluding hydrogens is 422 g/mol. The standard InChI is InChI=1S/C25H27N3O3S/c1-32(30,31)28-18-25(21-10-4-5-12-23(21)28)13-15-27(16-14-25)17-24(29)26-22-11-6-8-19-7-2-3-9-20(19)22/h2-12H,13-18H2,1H3,(H,26,29). The normalized spacial score (nSPS) is 18.1. The van der Waals surface area contributed by atoms with Crippen molar-refractivity contribution < 1.29 is 13.2 Å². The molecule has 2 heterocycles. The van der Waals surface area contributed by atoms with Gasteiger partial charge in [-0.15, -0.1) is 0 Å². The number of sulfonamides is 1. The smallest absolute Gasteiger partial charge is 0.238 e. The highest BCUT2D eigenvalue weighted by atomic mass is 32.2. The molecule has 3 aromatic rings. The lowest BCUT2D eigenvalue weighted by molar-refractivity contribution is -0.117. The molecule has 2 aliphatic heterocycles. The molecule has 6 nitrogen and oxygen atoms in total. The van der Waals surface area contributed by atoms with Crippen molar-refractivity contribution >= 4 is 38.1 Å². The van der Waals surface area contributed by atoms with E-state index in [1.54, 1.807) is 4.31 Å². The van der Waals surface area contributed by atoms with Crippen LogP contribution in [0, 0.1) is 0 Å². The Labute approximate surface area is 188 Å². The maximum absolute atomic E-state index is 12.8. The molecule has 1 N–H and O–H groups in total. The number of fused-ring (bicyclic) bond motifs is 3. The minimum absolute atomic E-state index is 0.0260. The number of piperidine rings is 1. The van der Waals surface area contributed by atoms with Crippen molar-refractivity contribution in [2.75, 3.05) is 42.1 Å². The van der Waals surface area contributed by atoms with Gasteiger partial charge in [0.2, 0.25) is 15.9 Å². The summed E-state index contributed by atoms with van der Waals surface area (Å²) in [5, 5.41) is 5.20. The van der Waals surface area contributed by atoms with Crippen molar-refractivity contribution in [1.29, 1.82) is 0 Å². The van der Waals surface area contributed by atoms with Crippen LogP contribution in [0.25, 0.3) is 10.8 Å². The Morgan fingerprint density at radius 1 is 0.969 bits per heavy atom. The van der Waals surface area contributed by atoms with E-state index in [2.05, 4.69) is 16.3 Å². The van der Waals surface area contributed by atoms with Gasteiger partial charge in [0.25, 0.3) is 0 Å². The molecule has 0 saturated carbocycles. The molecule has 0 unspecified atom stereocenters. The summed E-state index contributed by atoms with van der Waals surface area (Å²) in [4.78, 5) is 14.9. The molecule has 5 rings (SSSR count). The van der Waals surface area contributed by atoms with Gasteiger partial charge in [-0.05, 0) is 49.0 Å². The zero-order valence-corrected chi connectivity index (χ0v) is 18.9. The molecule has 0 aromatic heterocycles. The third-order valence-corrected chi connectivity index (χ3v) is 7.96. The zero-order chi connectivity index (χ0) is 22.3. The minimum atomic E-state index is -3.32. The van der Waals surface area contributed by atoms with Gasteiger partial charge in [-0.25, -0.2) is 8.42 Å². The number of hydrogen-bond acceptors (Lipinski definition) is 4. The van der Waals surface area contributed by atoms with E-state index in [-0.39, 0.29) is 11.3 Å². The molecule has 7 heteroatoms. The molecule has 0 aliphatic carbocycles. The Morgan fingerprint density at radius 3 is 2.44 bits per heavy atom. The van der Waals surface area contributed by atoms with Gasteiger partial charge in [0.05, 0.1) is 18.5 Å². The van der Waals surface area contributed by atoms with Crippen molar-refractivity contribution in [3.63, 3.8) is 0 Å². The van der Waals surface area contributed by atoms with Crippen molar-refractivity contribution in [3.8, 4) is 0 Å². The largest absolute Gasteiger partial charge is 0.324 e. The Hall–Kier alpha value is -2.90. The Kier molecular flexibility index (Phi) is 5.18. The van der Waals surface area contributed by atoms with Crippen LogP contribution in [0.1, 0.15) is 18.4 Å². The van der Waals surface area contributed by atoms with Crippen LogP contribution in [0.4, 0.5) is 11.4 Å². The van der Waals surface area contributed by atoms with Gasteiger partial charge >= 0.3 is 0 Å². The van der Waals surface area contributed by atoms with Crippen LogP contribution < -0.4 is 9.62 Å². The Morgan fingerprint density at radius 2 is 1.66 bits per heavy atom. The van der Waals surface area contributed by atoms with Crippen molar-refractivity contribution in [2.24, 2.45) is 0 Å². The van der Waals surface area contributed by atoms with Crippen molar-refractivity contribution in [3.05, 3.63) is 72.3 Å². The average molecular weight is 450 g/mol. The second-order valence-electron chi connectivity index (χ2n) is 8.92. The number of nitrogens with one attached hydrogen (secondary N) is 1. The number of likely N-dealkylation sites (tertiary alicyclic amines) is 1. The van der Waals surface area contributed by atoms with E-state index in [0.717, 1.165) is 53.6 Å². The van der Waals surface area contributed by atoms with E-state index in [1.807, 2.05) is 60.7 Å². The monoisotopic (exact) mass is 449 g/mol. The predicted molar refractivity (Wildman–Crippen MR) is 129 cm³/mol. The molecule has 2 aliphatic rings. The molecule has 3 aromatic carbocycles. The van der Waals surface area contributed by atoms with E-state index in [0.29, 0.717) is 13.1 Å². The van der Waals surface area contributed by atoms with E-state index < -0.39 is 10.0 Å². The number of para-hydroxylation sites is 1. The predicted octanol–water partition coefficient (Wildman–Crippen LogP) is 3.59. The number of amides is 1. The topological polar surface area (TPSA) is 69.7 Å². The van der Waals surface area contributed by atoms with Crippen molar-refractivity contribution in [2.45, 2.75) is 18.3 Å². The number of benzene rings is 3. The van der Waals surface area contributed by atoms with Crippen LogP contribution in [0.15, 0.2) is 66.7 Å². The van der Waals surface area contributed by atoms with E-state index in [9.17, 15) is 13.2 Å². The summed E-state index contributed by atoms with van der Waals surface area (Å²) >= 11 is 0. The van der Waals surface area contributed by atoms with Gasteiger partial charge in [-0.1, -0.05) is 54.6 Å². The number of nitrogens with zero attached hydrogens (tertiary/aromatic N) is 2. The number of carbonyl (C=O) groups is 1. The SMILES string of the molecule is CS(=O)(=O)N1CC2(CCN(CC(=O)Nc3cccc4ccccc34)CC2)c2ccccc21. The maximum atomic E-state index is 12.8. The van der Waals surface area contributed by atoms with Crippen LogP contribution in [0.5, 0.6) is 0 Å². The van der Waals surface area contributed by atoms with E-state index in [4.69, 9.17) is 0 Å². The second-order valence-corrected chi connectivity index (χ2v) is 10.8. The van der Waals surface area contributed by atoms with Crippen molar-refractivity contribution in [1.82, 2.24) is 4.90 Å². The van der Waals surface area contributed by atoms with Gasteiger partial charge in [-0.2, -0.15) is 0 Å². The third kappa shape index (κ3) is 3.76. The van der Waals surface area contributed by atoms with Gasteiger partial charge < -0.3 is 5.32 Å². The first-order valence-corrected chi connectivity index (χ1v) is 12.8. The number of anilines is 2. The quantitative estimate of drug-likeness (QED) is 0.661. The molecule has 166 valence electrons. The van der Waals surface area contributed by atoms with Crippen LogP contribution in [-0.2, 0) is 20.2 Å². The zero-order valence-electron chi connectivity index (χ0n) is 18.1. The lowest BCUT2D eigenvalue weighted by Crippen LogP contribution is -2.47.